The van der Waals surface area contributed by atoms with Gasteiger partial charge in [0.1, 0.15) is 5.82 Å². The molecule has 0 N–H and O–H groups in total. The van der Waals surface area contributed by atoms with Crippen molar-refractivity contribution < 1.29 is 49.7 Å². The summed E-state index contributed by atoms with van der Waals surface area (Å²) in [4.78, 5) is 13.6. The van der Waals surface area contributed by atoms with Gasteiger partial charge in [0.25, 0.3) is 0 Å². The van der Waals surface area contributed by atoms with Crippen LogP contribution in [0.15, 0.2) is 42.5 Å². The van der Waals surface area contributed by atoms with Crippen molar-refractivity contribution in [3.05, 3.63) is 70.5 Å². The molecule has 3 rings (SSSR count). The molecule has 1 aliphatic heterocycles. The van der Waals surface area contributed by atoms with Gasteiger partial charge >= 0.3 is 18.4 Å². The summed E-state index contributed by atoms with van der Waals surface area (Å²) >= 11 is 0. The Balaban J connectivity index is 1.85. The molecule has 1 aliphatic rings. The number of hydrogen-bond donors (Lipinski definition) is 0. The van der Waals surface area contributed by atoms with Crippen molar-refractivity contribution in [1.82, 2.24) is 4.90 Å². The van der Waals surface area contributed by atoms with Gasteiger partial charge < -0.3 is 19.1 Å². The van der Waals surface area contributed by atoms with Crippen molar-refractivity contribution in [1.29, 1.82) is 0 Å². The molecular formula is C27H30F7NO4. The predicted octanol–water partition coefficient (Wildman–Crippen LogP) is 7.56. The van der Waals surface area contributed by atoms with E-state index in [2.05, 4.69) is 0 Å². The molecule has 4 atom stereocenters. The molecule has 0 bridgehead atoms. The van der Waals surface area contributed by atoms with Crippen molar-refractivity contribution in [3.8, 4) is 0 Å². The number of hydrogen-bond acceptors (Lipinski definition) is 4. The van der Waals surface area contributed by atoms with Crippen LogP contribution in [0.5, 0.6) is 0 Å². The Morgan fingerprint density at radius 1 is 1.00 bits per heavy atom. The van der Waals surface area contributed by atoms with E-state index in [-0.39, 0.29) is 36.8 Å². The second-order valence-electron chi connectivity index (χ2n) is 9.89. The van der Waals surface area contributed by atoms with Gasteiger partial charge in [0.2, 0.25) is 0 Å². The first kappa shape index (κ1) is 30.7. The highest BCUT2D eigenvalue weighted by Crippen LogP contribution is 2.40. The van der Waals surface area contributed by atoms with Crippen LogP contribution in [0.1, 0.15) is 61.5 Å². The number of alkyl halides is 6. The highest BCUT2D eigenvalue weighted by atomic mass is 19.4. The smallest absolute Gasteiger partial charge is 0.416 e. The topological polar surface area (TPSA) is 48.0 Å². The van der Waals surface area contributed by atoms with Crippen LogP contribution in [0.4, 0.5) is 35.5 Å². The summed E-state index contributed by atoms with van der Waals surface area (Å²) in [5.74, 6) is -1.24. The zero-order valence-electron chi connectivity index (χ0n) is 21.8. The maximum atomic E-state index is 13.6. The summed E-state index contributed by atoms with van der Waals surface area (Å²) in [6.07, 6.45) is -12.7. The highest BCUT2D eigenvalue weighted by Gasteiger charge is 2.39. The van der Waals surface area contributed by atoms with E-state index in [0.717, 1.165) is 0 Å². The fraction of sp³-hybridized carbons (Fsp3) is 0.519. The number of amides is 1. The lowest BCUT2D eigenvalue weighted by Crippen LogP contribution is -2.41. The molecule has 12 heteroatoms. The molecule has 0 aliphatic carbocycles. The Kier molecular flexibility index (Phi) is 9.53. The zero-order chi connectivity index (χ0) is 29.1. The van der Waals surface area contributed by atoms with E-state index in [9.17, 15) is 35.5 Å². The summed E-state index contributed by atoms with van der Waals surface area (Å²) in [5.41, 5.74) is -2.61. The summed E-state index contributed by atoms with van der Waals surface area (Å²) < 4.78 is 111. The third-order valence-electron chi connectivity index (χ3n) is 6.31. The van der Waals surface area contributed by atoms with Crippen LogP contribution in [0.25, 0.3) is 0 Å². The second-order valence-corrected chi connectivity index (χ2v) is 9.89. The van der Waals surface area contributed by atoms with Crippen LogP contribution in [0.2, 0.25) is 0 Å². The molecule has 0 spiro atoms. The molecule has 1 heterocycles. The molecule has 0 radical (unpaired) electrons. The Bertz CT molecular complexity index is 1090. The molecule has 0 saturated carbocycles. The van der Waals surface area contributed by atoms with Crippen LogP contribution >= 0.6 is 0 Å². The maximum Gasteiger partial charge on any atom is 0.416 e. The third kappa shape index (κ3) is 8.31. The highest BCUT2D eigenvalue weighted by molar-refractivity contribution is 5.67. The lowest BCUT2D eigenvalue weighted by Gasteiger charge is -2.38. The number of ether oxygens (including phenoxy) is 3. The van der Waals surface area contributed by atoms with Gasteiger partial charge in [-0.15, -0.1) is 0 Å². The molecule has 39 heavy (non-hydrogen) atoms. The molecule has 216 valence electrons. The molecule has 0 aromatic heterocycles. The molecule has 1 amide bonds. The van der Waals surface area contributed by atoms with Gasteiger partial charge in [0, 0.05) is 25.4 Å². The summed E-state index contributed by atoms with van der Waals surface area (Å²) in [6, 6.07) is 6.77. The average molecular weight is 566 g/mol. The Hall–Kier alpha value is -2.86. The molecular weight excluding hydrogens is 535 g/mol. The molecule has 1 fully saturated rings. The van der Waals surface area contributed by atoms with Crippen molar-refractivity contribution in [3.63, 3.8) is 0 Å². The molecule has 5 nitrogen and oxygen atoms in total. The van der Waals surface area contributed by atoms with E-state index >= 15 is 0 Å². The summed E-state index contributed by atoms with van der Waals surface area (Å²) in [5, 5.41) is 0. The van der Waals surface area contributed by atoms with Gasteiger partial charge in [-0.2, -0.15) is 26.3 Å². The van der Waals surface area contributed by atoms with Crippen molar-refractivity contribution in [2.45, 2.75) is 64.0 Å². The van der Waals surface area contributed by atoms with Crippen LogP contribution in [0.3, 0.4) is 0 Å². The van der Waals surface area contributed by atoms with Crippen LogP contribution in [-0.4, -0.2) is 43.6 Å². The lowest BCUT2D eigenvalue weighted by molar-refractivity contribution is -0.209. The predicted molar refractivity (Wildman–Crippen MR) is 127 cm³/mol. The van der Waals surface area contributed by atoms with Gasteiger partial charge in [0.15, 0.2) is 6.29 Å². The van der Waals surface area contributed by atoms with Crippen LogP contribution in [0, 0.1) is 11.7 Å². The number of nitrogens with zero attached hydrogens (tertiary/aromatic N) is 1. The van der Waals surface area contributed by atoms with Gasteiger partial charge in [-0.25, -0.2) is 9.18 Å². The summed E-state index contributed by atoms with van der Waals surface area (Å²) in [6.45, 7) is 5.12. The van der Waals surface area contributed by atoms with Crippen molar-refractivity contribution >= 4 is 6.09 Å². The van der Waals surface area contributed by atoms with Crippen LogP contribution < -0.4 is 0 Å². The summed E-state index contributed by atoms with van der Waals surface area (Å²) in [7, 11) is 1.56. The third-order valence-corrected chi connectivity index (χ3v) is 6.31. The van der Waals surface area contributed by atoms with Crippen LogP contribution in [-0.2, 0) is 26.6 Å². The largest absolute Gasteiger partial charge is 0.447 e. The Morgan fingerprint density at radius 3 is 2.08 bits per heavy atom. The Labute approximate surface area is 221 Å². The molecule has 1 saturated heterocycles. The number of benzene rings is 2. The minimum absolute atomic E-state index is 0.0556. The minimum atomic E-state index is -5.00. The van der Waals surface area contributed by atoms with E-state index in [1.54, 1.807) is 20.9 Å². The quantitative estimate of drug-likeness (QED) is 0.325. The SMILES string of the molecule is CC(C)OC(=O)N(C)CC1COC(O[C@H](C)c2cc(C(F)(F)F)cc(C(F)(F)F)c2)C(c2ccc(F)cc2)C1. The number of halogens is 7. The zero-order valence-corrected chi connectivity index (χ0v) is 21.8. The first-order valence-electron chi connectivity index (χ1n) is 12.3. The standard InChI is InChI=1S/C27H30F7NO4/c1-15(2)38-25(36)35(4)13-17-9-23(18-5-7-22(28)8-6-18)24(37-14-17)39-16(3)19-10-20(26(29,30)31)12-21(11-19)27(32,33)34/h5-8,10-12,15-17,23-24H,9,13-14H2,1-4H3/t16-,17?,23?,24?/m1/s1. The van der Waals surface area contributed by atoms with Crippen molar-refractivity contribution in [2.75, 3.05) is 20.2 Å². The average Bonchev–Trinajstić information content (AvgIpc) is 2.83. The van der Waals surface area contributed by atoms with Gasteiger partial charge in [0.05, 0.1) is 29.9 Å². The van der Waals surface area contributed by atoms with Crippen molar-refractivity contribution in [2.24, 2.45) is 5.92 Å². The fourth-order valence-electron chi connectivity index (χ4n) is 4.40. The fourth-order valence-corrected chi connectivity index (χ4v) is 4.40. The number of carbonyl (C=O) groups excluding carboxylic acids is 1. The second kappa shape index (κ2) is 12.1. The van der Waals surface area contributed by atoms with E-state index in [0.29, 0.717) is 24.1 Å². The normalized spacial score (nSPS) is 21.1. The first-order valence-corrected chi connectivity index (χ1v) is 12.3. The monoisotopic (exact) mass is 565 g/mol. The van der Waals surface area contributed by atoms with E-state index in [4.69, 9.17) is 14.2 Å². The van der Waals surface area contributed by atoms with Gasteiger partial charge in [-0.1, -0.05) is 12.1 Å². The molecule has 2 aromatic carbocycles. The molecule has 3 unspecified atom stereocenters. The Morgan fingerprint density at radius 2 is 1.56 bits per heavy atom. The maximum absolute atomic E-state index is 13.6. The molecule has 2 aromatic rings. The first-order chi connectivity index (χ1) is 18.0. The number of carbonyl (C=O) groups is 1. The van der Waals surface area contributed by atoms with Gasteiger partial charge in [-0.05, 0) is 68.7 Å². The van der Waals surface area contributed by atoms with E-state index in [1.165, 1.54) is 36.1 Å². The minimum Gasteiger partial charge on any atom is -0.447 e. The lowest BCUT2D eigenvalue weighted by atomic mass is 9.86. The van der Waals surface area contributed by atoms with Gasteiger partial charge in [-0.3, -0.25) is 0 Å². The number of rotatable bonds is 7. The van der Waals surface area contributed by atoms with E-state index < -0.39 is 53.7 Å². The van der Waals surface area contributed by atoms with E-state index in [1.807, 2.05) is 0 Å².